The van der Waals surface area contributed by atoms with Crippen LogP contribution in [-0.2, 0) is 16.1 Å². The van der Waals surface area contributed by atoms with Crippen molar-refractivity contribution in [2.24, 2.45) is 4.99 Å². The lowest BCUT2D eigenvalue weighted by Crippen LogP contribution is -2.40. The Kier molecular flexibility index (Phi) is 8.30. The van der Waals surface area contributed by atoms with Gasteiger partial charge in [0.2, 0.25) is 0 Å². The third-order valence-corrected chi connectivity index (χ3v) is 7.78. The summed E-state index contributed by atoms with van der Waals surface area (Å²) in [6.45, 7) is 2.10. The van der Waals surface area contributed by atoms with Gasteiger partial charge in [0, 0.05) is 12.1 Å². The summed E-state index contributed by atoms with van der Waals surface area (Å²) in [4.78, 5) is 42.3. The van der Waals surface area contributed by atoms with Crippen LogP contribution < -0.4 is 24.4 Å². The van der Waals surface area contributed by atoms with E-state index in [1.807, 2.05) is 37.3 Å². The minimum atomic E-state index is -0.670. The summed E-state index contributed by atoms with van der Waals surface area (Å²) in [6.07, 6.45) is 2.25. The molecule has 11 heteroatoms. The minimum Gasteiger partial charge on any atom is -0.493 e. The smallest absolute Gasteiger partial charge is 0.338 e. The van der Waals surface area contributed by atoms with Gasteiger partial charge in [0.25, 0.3) is 11.2 Å². The van der Waals surface area contributed by atoms with Gasteiger partial charge in [-0.1, -0.05) is 54.7 Å². The van der Waals surface area contributed by atoms with Gasteiger partial charge >= 0.3 is 5.97 Å². The fourth-order valence-electron chi connectivity index (χ4n) is 4.73. The second-order valence-electron chi connectivity index (χ2n) is 9.32. The number of ether oxygens (including phenoxy) is 3. The number of allylic oxidation sites excluding steroid dienone is 1. The van der Waals surface area contributed by atoms with Crippen LogP contribution in [0.2, 0.25) is 0 Å². The summed E-state index contributed by atoms with van der Waals surface area (Å²) in [5, 5.41) is 10.9. The highest BCUT2D eigenvalue weighted by Gasteiger charge is 2.33. The number of nitrogens with zero attached hydrogens (tertiary/aromatic N) is 3. The van der Waals surface area contributed by atoms with Gasteiger partial charge in [-0.3, -0.25) is 19.5 Å². The van der Waals surface area contributed by atoms with Crippen LogP contribution in [0.15, 0.2) is 93.9 Å². The van der Waals surface area contributed by atoms with E-state index in [9.17, 15) is 19.7 Å². The summed E-state index contributed by atoms with van der Waals surface area (Å²) in [7, 11) is 2.84. The van der Waals surface area contributed by atoms with Gasteiger partial charge in [-0.15, -0.1) is 0 Å². The highest BCUT2D eigenvalue weighted by Crippen LogP contribution is 2.32. The Hall–Kier alpha value is -5.03. The molecule has 2 heterocycles. The standard InChI is InChI=1S/C31H27N3O7S/c1-4-23-27(30(36)40-3)28(21-8-6-5-7-9-21)33-29(35)26(42-31(33)32-23)17-20-12-15-24(25(16-20)39-2)41-18-19-10-13-22(14-11-19)34(37)38/h5-17,28H,4,18H2,1-3H3/b26-17-/t28-/m0/s1. The Morgan fingerprint density at radius 1 is 1.07 bits per heavy atom. The lowest BCUT2D eigenvalue weighted by Gasteiger charge is -2.25. The van der Waals surface area contributed by atoms with Gasteiger partial charge in [0.1, 0.15) is 6.61 Å². The van der Waals surface area contributed by atoms with Crippen molar-refractivity contribution in [3.8, 4) is 11.5 Å². The number of rotatable bonds is 9. The van der Waals surface area contributed by atoms with Gasteiger partial charge in [0.15, 0.2) is 16.3 Å². The van der Waals surface area contributed by atoms with Crippen LogP contribution in [0, 0.1) is 10.1 Å². The number of esters is 1. The summed E-state index contributed by atoms with van der Waals surface area (Å²) in [5.41, 5.74) is 2.91. The summed E-state index contributed by atoms with van der Waals surface area (Å²) in [6, 6.07) is 20.1. The molecular formula is C31H27N3O7S. The zero-order valence-electron chi connectivity index (χ0n) is 23.1. The zero-order chi connectivity index (χ0) is 29.8. The number of fused-ring (bicyclic) bond motifs is 1. The predicted octanol–water partition coefficient (Wildman–Crippen LogP) is 4.29. The number of carbonyl (C=O) groups excluding carboxylic acids is 1. The molecule has 3 aromatic carbocycles. The lowest BCUT2D eigenvalue weighted by atomic mass is 9.95. The third kappa shape index (κ3) is 5.59. The molecular weight excluding hydrogens is 558 g/mol. The molecule has 1 aliphatic heterocycles. The number of methoxy groups -OCH3 is 2. The fraction of sp³-hybridized carbons (Fsp3) is 0.194. The molecule has 10 nitrogen and oxygen atoms in total. The van der Waals surface area contributed by atoms with E-state index in [0.29, 0.717) is 44.1 Å². The van der Waals surface area contributed by atoms with Crippen molar-refractivity contribution in [1.29, 1.82) is 0 Å². The molecule has 0 aliphatic carbocycles. The quantitative estimate of drug-likeness (QED) is 0.163. The largest absolute Gasteiger partial charge is 0.493 e. The molecule has 0 saturated heterocycles. The van der Waals surface area contributed by atoms with Crippen molar-refractivity contribution in [2.75, 3.05) is 14.2 Å². The minimum absolute atomic E-state index is 0.00786. The lowest BCUT2D eigenvalue weighted by molar-refractivity contribution is -0.384. The number of benzene rings is 3. The highest BCUT2D eigenvalue weighted by molar-refractivity contribution is 7.07. The van der Waals surface area contributed by atoms with E-state index in [-0.39, 0.29) is 17.9 Å². The Balaban J connectivity index is 1.51. The van der Waals surface area contributed by atoms with Crippen molar-refractivity contribution in [1.82, 2.24) is 4.57 Å². The first kappa shape index (κ1) is 28.5. The maximum atomic E-state index is 13.8. The first-order chi connectivity index (χ1) is 20.3. The topological polar surface area (TPSA) is 122 Å². The van der Waals surface area contributed by atoms with Crippen molar-refractivity contribution in [3.63, 3.8) is 0 Å². The van der Waals surface area contributed by atoms with E-state index in [1.54, 1.807) is 41.0 Å². The van der Waals surface area contributed by atoms with Crippen LogP contribution in [0.3, 0.4) is 0 Å². The number of non-ortho nitro benzene ring substituents is 1. The van der Waals surface area contributed by atoms with Gasteiger partial charge < -0.3 is 14.2 Å². The van der Waals surface area contributed by atoms with Gasteiger partial charge in [-0.05, 0) is 53.5 Å². The predicted molar refractivity (Wildman–Crippen MR) is 157 cm³/mol. The summed E-state index contributed by atoms with van der Waals surface area (Å²) >= 11 is 1.25. The molecule has 1 atom stereocenters. The molecule has 0 spiro atoms. The molecule has 5 rings (SSSR count). The second kappa shape index (κ2) is 12.2. The van der Waals surface area contributed by atoms with E-state index in [2.05, 4.69) is 4.99 Å². The van der Waals surface area contributed by atoms with Crippen molar-refractivity contribution in [2.45, 2.75) is 26.0 Å². The normalized spacial score (nSPS) is 14.6. The monoisotopic (exact) mass is 585 g/mol. The molecule has 0 amide bonds. The average Bonchev–Trinajstić information content (AvgIpc) is 3.33. The molecule has 0 radical (unpaired) electrons. The van der Waals surface area contributed by atoms with E-state index in [0.717, 1.165) is 11.1 Å². The van der Waals surface area contributed by atoms with Gasteiger partial charge in [0.05, 0.1) is 41.0 Å². The maximum absolute atomic E-state index is 13.8. The van der Waals surface area contributed by atoms with E-state index < -0.39 is 16.9 Å². The third-order valence-electron chi connectivity index (χ3n) is 6.79. The molecule has 42 heavy (non-hydrogen) atoms. The molecule has 0 N–H and O–H groups in total. The van der Waals surface area contributed by atoms with Crippen LogP contribution in [0.1, 0.15) is 36.1 Å². The van der Waals surface area contributed by atoms with Crippen LogP contribution in [-0.4, -0.2) is 29.7 Å². The number of hydrogen-bond donors (Lipinski definition) is 0. The van der Waals surface area contributed by atoms with Crippen molar-refractivity contribution in [3.05, 3.63) is 131 Å². The number of aromatic nitrogens is 1. The zero-order valence-corrected chi connectivity index (χ0v) is 23.9. The van der Waals surface area contributed by atoms with Crippen LogP contribution in [0.4, 0.5) is 5.69 Å². The van der Waals surface area contributed by atoms with Gasteiger partial charge in [-0.25, -0.2) is 9.79 Å². The molecule has 0 saturated carbocycles. The Bertz CT molecular complexity index is 1860. The molecule has 1 aromatic heterocycles. The van der Waals surface area contributed by atoms with Crippen molar-refractivity contribution < 1.29 is 23.9 Å². The number of nitro groups is 1. The molecule has 214 valence electrons. The first-order valence-corrected chi connectivity index (χ1v) is 13.9. The number of hydrogen-bond acceptors (Lipinski definition) is 9. The molecule has 1 aliphatic rings. The second-order valence-corrected chi connectivity index (χ2v) is 10.3. The molecule has 0 bridgehead atoms. The number of thiazole rings is 1. The number of nitro benzene ring substituents is 1. The van der Waals surface area contributed by atoms with Crippen LogP contribution in [0.25, 0.3) is 6.08 Å². The fourth-order valence-corrected chi connectivity index (χ4v) is 5.75. The SMILES string of the molecule is CCC1=C(C(=O)OC)[C@H](c2ccccc2)n2c(s/c(=C\c3ccc(OCc4ccc([N+](=O)[O-])cc4)c(OC)c3)c2=O)=N1. The molecule has 0 unspecified atom stereocenters. The summed E-state index contributed by atoms with van der Waals surface area (Å²) in [5.74, 6) is 0.420. The van der Waals surface area contributed by atoms with E-state index in [4.69, 9.17) is 14.2 Å². The van der Waals surface area contributed by atoms with E-state index in [1.165, 1.54) is 37.7 Å². The van der Waals surface area contributed by atoms with Crippen LogP contribution >= 0.6 is 11.3 Å². The molecule has 4 aromatic rings. The van der Waals surface area contributed by atoms with Gasteiger partial charge in [-0.2, -0.15) is 0 Å². The maximum Gasteiger partial charge on any atom is 0.338 e. The molecule has 0 fully saturated rings. The summed E-state index contributed by atoms with van der Waals surface area (Å²) < 4.78 is 18.5. The van der Waals surface area contributed by atoms with Crippen LogP contribution in [0.5, 0.6) is 11.5 Å². The highest BCUT2D eigenvalue weighted by atomic mass is 32.1. The first-order valence-electron chi connectivity index (χ1n) is 13.1. The Labute approximate surface area is 244 Å². The van der Waals surface area contributed by atoms with Crippen molar-refractivity contribution >= 4 is 29.1 Å². The Morgan fingerprint density at radius 2 is 1.81 bits per heavy atom. The van der Waals surface area contributed by atoms with E-state index >= 15 is 0 Å². The Morgan fingerprint density at radius 3 is 2.45 bits per heavy atom. The number of carbonyl (C=O) groups is 1. The average molecular weight is 586 g/mol.